The normalized spacial score (nSPS) is 11.0. The van der Waals surface area contributed by atoms with Crippen molar-refractivity contribution in [2.75, 3.05) is 34.0 Å². The minimum Gasteiger partial charge on any atom is -0.388 e. The average Bonchev–Trinajstić information content (AvgIpc) is 2.74. The lowest BCUT2D eigenvalue weighted by Crippen LogP contribution is -2.13. The maximum absolute atomic E-state index is 9.12. The van der Waals surface area contributed by atoms with Crippen LogP contribution in [0.1, 0.15) is 11.6 Å². The van der Waals surface area contributed by atoms with Gasteiger partial charge >= 0.3 is 0 Å². The highest BCUT2D eigenvalue weighted by atomic mass is 16.5. The van der Waals surface area contributed by atoms with Crippen LogP contribution in [0.15, 0.2) is 0 Å². The average molecular weight is 245 g/mol. The topological polar surface area (TPSA) is 78.6 Å². The summed E-state index contributed by atoms with van der Waals surface area (Å²) < 4.78 is 17.0. The van der Waals surface area contributed by atoms with Gasteiger partial charge in [0.1, 0.15) is 13.2 Å². The summed E-state index contributed by atoms with van der Waals surface area (Å²) in [4.78, 5) is 0. The van der Waals surface area contributed by atoms with Crippen molar-refractivity contribution in [3.63, 3.8) is 0 Å². The highest BCUT2D eigenvalue weighted by molar-refractivity contribution is 4.93. The summed E-state index contributed by atoms with van der Waals surface area (Å²) in [7, 11) is 3.24. The number of rotatable bonds is 9. The van der Waals surface area contributed by atoms with Gasteiger partial charge in [0.05, 0.1) is 19.8 Å². The minimum absolute atomic E-state index is 0.144. The molecule has 0 aliphatic rings. The van der Waals surface area contributed by atoms with E-state index in [1.165, 1.54) is 0 Å². The van der Waals surface area contributed by atoms with Crippen LogP contribution >= 0.6 is 0 Å². The van der Waals surface area contributed by atoms with Crippen molar-refractivity contribution in [1.29, 1.82) is 0 Å². The van der Waals surface area contributed by atoms with Crippen LogP contribution in [-0.4, -0.2) is 53.9 Å². The number of aliphatic hydroxyl groups excluding tert-OH is 1. The van der Waals surface area contributed by atoms with Gasteiger partial charge in [-0.15, -0.1) is 10.2 Å². The molecule has 0 atom stereocenters. The first-order valence-electron chi connectivity index (χ1n) is 5.41. The fraction of sp³-hybridized carbons (Fsp3) is 0.800. The second kappa shape index (κ2) is 8.13. The van der Waals surface area contributed by atoms with Gasteiger partial charge in [-0.2, -0.15) is 0 Å². The molecule has 0 radical (unpaired) electrons. The van der Waals surface area contributed by atoms with Crippen molar-refractivity contribution >= 4 is 0 Å². The number of hydrogen-bond acceptors (Lipinski definition) is 6. The van der Waals surface area contributed by atoms with Crippen LogP contribution in [0.3, 0.4) is 0 Å². The molecule has 1 aromatic rings. The molecule has 0 saturated heterocycles. The predicted molar refractivity (Wildman–Crippen MR) is 59.4 cm³/mol. The zero-order chi connectivity index (χ0) is 12.5. The molecule has 17 heavy (non-hydrogen) atoms. The van der Waals surface area contributed by atoms with Crippen molar-refractivity contribution in [1.82, 2.24) is 14.8 Å². The fourth-order valence-corrected chi connectivity index (χ4v) is 1.34. The molecule has 1 N–H and O–H groups in total. The van der Waals surface area contributed by atoms with Gasteiger partial charge in [-0.1, -0.05) is 0 Å². The molecule has 0 fully saturated rings. The van der Waals surface area contributed by atoms with Crippen molar-refractivity contribution in [3.8, 4) is 0 Å². The predicted octanol–water partition coefficient (Wildman–Crippen LogP) is -0.420. The van der Waals surface area contributed by atoms with Gasteiger partial charge < -0.3 is 23.9 Å². The van der Waals surface area contributed by atoms with Crippen molar-refractivity contribution in [2.24, 2.45) is 0 Å². The molecule has 1 rings (SSSR count). The van der Waals surface area contributed by atoms with E-state index in [0.717, 1.165) is 0 Å². The summed E-state index contributed by atoms with van der Waals surface area (Å²) in [6.07, 6.45) is 0. The van der Waals surface area contributed by atoms with E-state index in [9.17, 15) is 0 Å². The second-order valence-corrected chi connectivity index (χ2v) is 3.38. The fourth-order valence-electron chi connectivity index (χ4n) is 1.34. The summed E-state index contributed by atoms with van der Waals surface area (Å²) >= 11 is 0. The Bertz CT molecular complexity index is 316. The van der Waals surface area contributed by atoms with Gasteiger partial charge in [0.2, 0.25) is 0 Å². The molecule has 1 heterocycles. The Morgan fingerprint density at radius 2 is 1.76 bits per heavy atom. The highest BCUT2D eigenvalue weighted by Crippen LogP contribution is 2.04. The molecule has 7 heteroatoms. The lowest BCUT2D eigenvalue weighted by molar-refractivity contribution is 0.0564. The van der Waals surface area contributed by atoms with Gasteiger partial charge in [0.15, 0.2) is 11.6 Å². The number of hydrogen-bond donors (Lipinski definition) is 1. The van der Waals surface area contributed by atoms with E-state index in [0.29, 0.717) is 44.6 Å². The van der Waals surface area contributed by atoms with Crippen LogP contribution < -0.4 is 0 Å². The van der Waals surface area contributed by atoms with E-state index < -0.39 is 0 Å². The number of nitrogens with zero attached hydrogens (tertiary/aromatic N) is 3. The molecule has 1 aromatic heterocycles. The first-order valence-corrected chi connectivity index (χ1v) is 5.41. The van der Waals surface area contributed by atoms with Gasteiger partial charge in [-0.05, 0) is 0 Å². The van der Waals surface area contributed by atoms with Crippen molar-refractivity contribution < 1.29 is 19.3 Å². The summed E-state index contributed by atoms with van der Waals surface area (Å²) in [6, 6.07) is 0. The summed E-state index contributed by atoms with van der Waals surface area (Å²) in [5.74, 6) is 1.20. The number of ether oxygens (including phenoxy) is 3. The van der Waals surface area contributed by atoms with E-state index in [-0.39, 0.29) is 6.61 Å². The van der Waals surface area contributed by atoms with E-state index in [2.05, 4.69) is 10.2 Å². The van der Waals surface area contributed by atoms with E-state index >= 15 is 0 Å². The van der Waals surface area contributed by atoms with Gasteiger partial charge in [-0.3, -0.25) is 0 Å². The summed E-state index contributed by atoms with van der Waals surface area (Å²) in [5, 5.41) is 17.0. The molecule has 0 spiro atoms. The van der Waals surface area contributed by atoms with E-state index in [4.69, 9.17) is 19.3 Å². The van der Waals surface area contributed by atoms with E-state index in [1.54, 1.807) is 18.8 Å². The quantitative estimate of drug-likeness (QED) is 0.595. The molecule has 0 saturated carbocycles. The number of aromatic nitrogens is 3. The Labute approximate surface area is 100 Å². The zero-order valence-electron chi connectivity index (χ0n) is 10.3. The molecule has 0 aliphatic carbocycles. The van der Waals surface area contributed by atoms with E-state index in [1.807, 2.05) is 0 Å². The third kappa shape index (κ3) is 4.39. The Morgan fingerprint density at radius 1 is 1.06 bits per heavy atom. The monoisotopic (exact) mass is 245 g/mol. The summed E-state index contributed by atoms with van der Waals surface area (Å²) in [6.45, 7) is 2.38. The van der Waals surface area contributed by atoms with Gasteiger partial charge in [-0.25, -0.2) is 0 Å². The van der Waals surface area contributed by atoms with Crippen molar-refractivity contribution in [3.05, 3.63) is 11.6 Å². The molecule has 0 bridgehead atoms. The molecule has 98 valence electrons. The van der Waals surface area contributed by atoms with Gasteiger partial charge in [0, 0.05) is 20.8 Å². The van der Waals surface area contributed by atoms with Crippen molar-refractivity contribution in [2.45, 2.75) is 19.8 Å². The molecule has 0 unspecified atom stereocenters. The molecular weight excluding hydrogens is 226 g/mol. The molecule has 0 amide bonds. The lowest BCUT2D eigenvalue weighted by atomic mass is 10.5. The zero-order valence-corrected chi connectivity index (χ0v) is 10.3. The first kappa shape index (κ1) is 14.0. The highest BCUT2D eigenvalue weighted by Gasteiger charge is 2.10. The van der Waals surface area contributed by atoms with Crippen LogP contribution in [0.5, 0.6) is 0 Å². The summed E-state index contributed by atoms with van der Waals surface area (Å²) in [5.41, 5.74) is 0. The molecule has 7 nitrogen and oxygen atoms in total. The first-order chi connectivity index (χ1) is 8.33. The Kier molecular flexibility index (Phi) is 6.71. The third-order valence-electron chi connectivity index (χ3n) is 2.23. The standard InChI is InChI=1S/C10H19N3O4/c1-15-4-3-13-9(7-14)11-12-10(13)8-17-6-5-16-2/h14H,3-8H2,1-2H3. The second-order valence-electron chi connectivity index (χ2n) is 3.38. The molecule has 0 aliphatic heterocycles. The van der Waals surface area contributed by atoms with Crippen LogP contribution in [0.2, 0.25) is 0 Å². The van der Waals surface area contributed by atoms with Crippen LogP contribution in [-0.2, 0) is 34.0 Å². The van der Waals surface area contributed by atoms with Gasteiger partial charge in [0.25, 0.3) is 0 Å². The Balaban J connectivity index is 2.53. The number of methoxy groups -OCH3 is 2. The largest absolute Gasteiger partial charge is 0.388 e. The Morgan fingerprint density at radius 3 is 2.41 bits per heavy atom. The molecule has 0 aromatic carbocycles. The van der Waals surface area contributed by atoms with Crippen LogP contribution in [0, 0.1) is 0 Å². The lowest BCUT2D eigenvalue weighted by Gasteiger charge is -2.08. The maximum atomic E-state index is 9.12. The minimum atomic E-state index is -0.144. The SMILES string of the molecule is COCCOCc1nnc(CO)n1CCOC. The maximum Gasteiger partial charge on any atom is 0.159 e. The third-order valence-corrected chi connectivity index (χ3v) is 2.23. The Hall–Kier alpha value is -1.02. The number of aliphatic hydroxyl groups is 1. The van der Waals surface area contributed by atoms with Crippen LogP contribution in [0.4, 0.5) is 0 Å². The molecular formula is C10H19N3O4. The smallest absolute Gasteiger partial charge is 0.159 e. The van der Waals surface area contributed by atoms with Crippen LogP contribution in [0.25, 0.3) is 0 Å².